The molecule has 2 heterocycles. The van der Waals surface area contributed by atoms with Crippen LogP contribution < -0.4 is 0 Å². The summed E-state index contributed by atoms with van der Waals surface area (Å²) in [5, 5.41) is 17.5. The number of carbonyl (C=O) groups is 1. The first-order chi connectivity index (χ1) is 21.1. The van der Waals surface area contributed by atoms with E-state index in [4.69, 9.17) is 15.4 Å². The van der Waals surface area contributed by atoms with Crippen LogP contribution in [-0.2, 0) is 6.42 Å². The predicted octanol–water partition coefficient (Wildman–Crippen LogP) is 8.84. The number of aromatic nitrogens is 1. The Hall–Kier alpha value is -2.84. The van der Waals surface area contributed by atoms with Crippen LogP contribution in [0.3, 0.4) is 0 Å². The summed E-state index contributed by atoms with van der Waals surface area (Å²) in [6, 6.07) is 17.8. The van der Waals surface area contributed by atoms with E-state index < -0.39 is 5.97 Å². The first-order valence-electron chi connectivity index (χ1n) is 15.4. The molecule has 2 aromatic carbocycles. The minimum Gasteiger partial charge on any atom is -0.478 e. The van der Waals surface area contributed by atoms with Crippen LogP contribution in [0.2, 0.25) is 0 Å². The number of aryl methyl sites for hydroxylation is 3. The van der Waals surface area contributed by atoms with Gasteiger partial charge in [0.25, 0.3) is 0 Å². The van der Waals surface area contributed by atoms with Crippen molar-refractivity contribution in [1.29, 1.82) is 5.26 Å². The zero-order valence-electron chi connectivity index (χ0n) is 27.4. The van der Waals surface area contributed by atoms with Crippen molar-refractivity contribution in [2.24, 2.45) is 4.99 Å². The Morgan fingerprint density at radius 3 is 2.38 bits per heavy atom. The largest absolute Gasteiger partial charge is 2.00 e. The average Bonchev–Trinajstić information content (AvgIpc) is 3.02. The minimum absolute atomic E-state index is 0. The number of unbranched alkanes of at least 4 members (excludes halogenated alkanes) is 3. The maximum absolute atomic E-state index is 12.9. The summed E-state index contributed by atoms with van der Waals surface area (Å²) in [4.78, 5) is 22.9. The number of carboxylic acid groups (broad SMARTS) is 1. The average molecular weight is 837 g/mol. The van der Waals surface area contributed by atoms with Gasteiger partial charge in [-0.3, -0.25) is 14.9 Å². The number of hydrogen-bond acceptors (Lipinski definition) is 5. The maximum Gasteiger partial charge on any atom is 2.00 e. The third-order valence-electron chi connectivity index (χ3n) is 7.38. The van der Waals surface area contributed by atoms with Gasteiger partial charge in [0.05, 0.1) is 22.9 Å². The summed E-state index contributed by atoms with van der Waals surface area (Å²) in [7, 11) is 0. The van der Waals surface area contributed by atoms with Crippen molar-refractivity contribution in [1.82, 2.24) is 9.88 Å². The molecule has 1 N–H and O–H groups in total. The number of carboxylic acids is 1. The number of rotatable bonds is 9. The normalized spacial score (nSPS) is 13.3. The molecular weight excluding hydrogens is 789 g/mol. The first-order valence-corrected chi connectivity index (χ1v) is 15.4. The van der Waals surface area contributed by atoms with Crippen LogP contribution >= 0.6 is 0 Å². The van der Waals surface area contributed by atoms with Gasteiger partial charge in [-0.15, -0.1) is 0 Å². The SMILES string of the molecule is CC(CN1CCC(c2cccc(C)n2)CC1)=Nc1ccc(C(=O)O)cc1C.CCc1ccc(C#N)cc1F.[CH2-]CC[CH-]CC.[U+2]. The van der Waals surface area contributed by atoms with Gasteiger partial charge in [-0.2, -0.15) is 11.7 Å². The van der Waals surface area contributed by atoms with Gasteiger partial charge in [0.1, 0.15) is 5.82 Å². The summed E-state index contributed by atoms with van der Waals surface area (Å²) < 4.78 is 12.9. The van der Waals surface area contributed by atoms with Crippen LogP contribution in [0.25, 0.3) is 0 Å². The van der Waals surface area contributed by atoms with E-state index in [0.29, 0.717) is 29.0 Å². The second-order valence-corrected chi connectivity index (χ2v) is 11.0. The zero-order valence-corrected chi connectivity index (χ0v) is 31.6. The van der Waals surface area contributed by atoms with E-state index in [1.54, 1.807) is 30.3 Å². The van der Waals surface area contributed by atoms with Crippen molar-refractivity contribution < 1.29 is 45.4 Å². The van der Waals surface area contributed by atoms with E-state index in [0.717, 1.165) is 61.6 Å². The second kappa shape index (κ2) is 21.8. The van der Waals surface area contributed by atoms with Gasteiger partial charge in [-0.1, -0.05) is 26.0 Å². The molecule has 238 valence electrons. The molecule has 8 heteroatoms. The number of likely N-dealkylation sites (tertiary alicyclic amines) is 1. The van der Waals surface area contributed by atoms with Crippen LogP contribution in [-0.4, -0.2) is 46.3 Å². The molecule has 0 aliphatic carbocycles. The number of benzene rings is 2. The van der Waals surface area contributed by atoms with Crippen molar-refractivity contribution in [3.8, 4) is 6.07 Å². The van der Waals surface area contributed by atoms with Crippen LogP contribution in [0.4, 0.5) is 10.1 Å². The van der Waals surface area contributed by atoms with Crippen LogP contribution in [0.1, 0.15) is 97.2 Å². The van der Waals surface area contributed by atoms with Crippen LogP contribution in [0.5, 0.6) is 0 Å². The number of hydrogen-bond donors (Lipinski definition) is 1. The third-order valence-corrected chi connectivity index (χ3v) is 7.38. The van der Waals surface area contributed by atoms with E-state index in [-0.39, 0.29) is 36.9 Å². The Kier molecular flexibility index (Phi) is 19.5. The molecule has 1 saturated heterocycles. The molecule has 0 atom stereocenters. The molecule has 0 unspecified atom stereocenters. The summed E-state index contributed by atoms with van der Waals surface area (Å²) >= 11 is 0. The number of halogens is 1. The minimum atomic E-state index is -0.906. The van der Waals surface area contributed by atoms with E-state index in [1.165, 1.54) is 24.6 Å². The molecule has 1 aliphatic rings. The molecular formula is C37H47FN4O2U. The molecule has 3 aromatic rings. The molecule has 1 aromatic heterocycles. The summed E-state index contributed by atoms with van der Waals surface area (Å²) in [5.74, 6) is -0.646. The molecule has 0 spiro atoms. The van der Waals surface area contributed by atoms with Gasteiger partial charge in [0.2, 0.25) is 0 Å². The molecule has 1 fully saturated rings. The standard InChI is InChI=1S/C22H27N3O2.C9H8FN.C6H12.U/c1-15-13-19(22(26)27)7-8-20(15)24-17(3)14-25-11-9-18(10-12-25)21-6-4-5-16(2)23-21;1-2-8-4-3-7(6-11)5-9(8)10;1-3-5-6-4-2;/h4-8,13,18H,9-12,14H2,1-3H3,(H,26,27);3-5H,2H2,1H3;6H,1,3-5H2,2H3;/q;;-2;+2. The summed E-state index contributed by atoms with van der Waals surface area (Å²) in [6.45, 7) is 16.6. The van der Waals surface area contributed by atoms with Gasteiger partial charge >= 0.3 is 37.1 Å². The fourth-order valence-corrected chi connectivity index (χ4v) is 4.91. The fourth-order valence-electron chi connectivity index (χ4n) is 4.91. The summed E-state index contributed by atoms with van der Waals surface area (Å²) in [6.07, 6.45) is 8.57. The maximum atomic E-state index is 12.9. The van der Waals surface area contributed by atoms with Gasteiger partial charge in [0, 0.05) is 29.6 Å². The smallest absolute Gasteiger partial charge is 0.478 e. The number of aromatic carboxylic acids is 1. The van der Waals surface area contributed by atoms with E-state index in [9.17, 15) is 9.18 Å². The molecule has 4 rings (SSSR count). The topological polar surface area (TPSA) is 89.6 Å². The molecule has 0 saturated carbocycles. The van der Waals surface area contributed by atoms with Crippen molar-refractivity contribution in [3.05, 3.63) is 107 Å². The van der Waals surface area contributed by atoms with Crippen LogP contribution in [0.15, 0.2) is 59.6 Å². The van der Waals surface area contributed by atoms with Crippen molar-refractivity contribution in [2.75, 3.05) is 19.6 Å². The zero-order chi connectivity index (χ0) is 32.5. The van der Waals surface area contributed by atoms with Gasteiger partial charge in [-0.25, -0.2) is 22.0 Å². The molecule has 6 nitrogen and oxygen atoms in total. The van der Waals surface area contributed by atoms with Gasteiger partial charge < -0.3 is 18.5 Å². The van der Waals surface area contributed by atoms with Gasteiger partial charge in [-0.05, 0) is 107 Å². The molecule has 0 radical (unpaired) electrons. The number of aliphatic imine (C=N–C) groups is 1. The van der Waals surface area contributed by atoms with Crippen LogP contribution in [0, 0.1) is 75.5 Å². The number of nitriles is 1. The number of pyridine rings is 1. The Morgan fingerprint density at radius 1 is 1.16 bits per heavy atom. The Bertz CT molecular complexity index is 1410. The quantitative estimate of drug-likeness (QED) is 0.132. The molecule has 0 bridgehead atoms. The Morgan fingerprint density at radius 2 is 1.87 bits per heavy atom. The van der Waals surface area contributed by atoms with Crippen molar-refractivity contribution >= 4 is 17.4 Å². The molecule has 0 amide bonds. The van der Waals surface area contributed by atoms with Crippen molar-refractivity contribution in [2.45, 2.75) is 79.1 Å². The summed E-state index contributed by atoms with van der Waals surface area (Å²) in [5.41, 5.74) is 6.42. The van der Waals surface area contributed by atoms with Crippen molar-refractivity contribution in [3.63, 3.8) is 0 Å². The molecule has 45 heavy (non-hydrogen) atoms. The van der Waals surface area contributed by atoms with E-state index in [2.05, 4.69) is 42.3 Å². The Balaban J connectivity index is 0.000000464. The first kappa shape index (κ1) is 40.2. The number of piperidine rings is 1. The fraction of sp³-hybridized carbons (Fsp3) is 0.405. The predicted molar refractivity (Wildman–Crippen MR) is 178 cm³/mol. The van der Waals surface area contributed by atoms with Gasteiger partial charge in [0.15, 0.2) is 0 Å². The number of nitrogens with zero attached hydrogens (tertiary/aromatic N) is 4. The third kappa shape index (κ3) is 14.4. The second-order valence-electron chi connectivity index (χ2n) is 11.0. The van der Waals surface area contributed by atoms with E-state index >= 15 is 0 Å². The molecule has 1 aliphatic heterocycles. The van der Waals surface area contributed by atoms with E-state index in [1.807, 2.05) is 39.8 Å². The Labute approximate surface area is 293 Å². The monoisotopic (exact) mass is 836 g/mol.